The van der Waals surface area contributed by atoms with Gasteiger partial charge in [-0.1, -0.05) is 67.6 Å². The van der Waals surface area contributed by atoms with Crippen LogP contribution in [0, 0.1) is 13.8 Å². The molecule has 0 fully saturated rings. The van der Waals surface area contributed by atoms with Crippen LogP contribution < -0.4 is 0 Å². The first-order chi connectivity index (χ1) is 7.77. The molecule has 0 saturated carbocycles. The Bertz CT molecular complexity index is 389. The smallest absolute Gasteiger partial charge is 0.0277 e. The molecule has 0 aliphatic heterocycles. The molecule has 0 amide bonds. The van der Waals surface area contributed by atoms with Gasteiger partial charge in [0.1, 0.15) is 0 Å². The SMILES string of the molecule is [C]C(C[CH2])(c1ccccc1)c1ccccc1. The average Bonchev–Trinajstić information content (AvgIpc) is 2.40. The fourth-order valence-electron chi connectivity index (χ4n) is 1.90. The van der Waals surface area contributed by atoms with E-state index >= 15 is 0 Å². The van der Waals surface area contributed by atoms with Crippen molar-refractivity contribution in [3.05, 3.63) is 85.6 Å². The van der Waals surface area contributed by atoms with Crippen molar-refractivity contribution in [1.82, 2.24) is 0 Å². The topological polar surface area (TPSA) is 0 Å². The maximum absolute atomic E-state index is 8.59. The van der Waals surface area contributed by atoms with E-state index in [4.69, 9.17) is 6.92 Å². The summed E-state index contributed by atoms with van der Waals surface area (Å²) in [4.78, 5) is 0. The second kappa shape index (κ2) is 4.52. The first-order valence-corrected chi connectivity index (χ1v) is 5.42. The van der Waals surface area contributed by atoms with Crippen LogP contribution >= 0.6 is 0 Å². The number of rotatable bonds is 3. The van der Waals surface area contributed by atoms with Gasteiger partial charge in [-0.25, -0.2) is 0 Å². The van der Waals surface area contributed by atoms with Crippen molar-refractivity contribution < 1.29 is 0 Å². The van der Waals surface area contributed by atoms with Crippen LogP contribution in [0.25, 0.3) is 0 Å². The summed E-state index contributed by atoms with van der Waals surface area (Å²) < 4.78 is 0. The van der Waals surface area contributed by atoms with E-state index in [0.717, 1.165) is 11.1 Å². The molecule has 2 aromatic carbocycles. The Labute approximate surface area is 97.9 Å². The highest BCUT2D eigenvalue weighted by molar-refractivity contribution is 5.40. The molecule has 0 unspecified atom stereocenters. The van der Waals surface area contributed by atoms with Crippen LogP contribution in [-0.2, 0) is 5.41 Å². The summed E-state index contributed by atoms with van der Waals surface area (Å²) in [5.74, 6) is 0. The van der Waals surface area contributed by atoms with Crippen LogP contribution in [0.15, 0.2) is 60.7 Å². The normalized spacial score (nSPS) is 11.4. The van der Waals surface area contributed by atoms with Gasteiger partial charge in [-0.05, 0) is 17.5 Å². The Hall–Kier alpha value is -1.56. The van der Waals surface area contributed by atoms with E-state index in [0.29, 0.717) is 6.42 Å². The van der Waals surface area contributed by atoms with Crippen LogP contribution in [0.3, 0.4) is 0 Å². The second-order valence-electron chi connectivity index (χ2n) is 3.89. The minimum absolute atomic E-state index is 0.529. The molecule has 0 aliphatic carbocycles. The Morgan fingerprint density at radius 3 is 1.50 bits per heavy atom. The Balaban J connectivity index is 2.49. The molecule has 0 aromatic heterocycles. The molecule has 4 radical (unpaired) electrons. The van der Waals surface area contributed by atoms with Gasteiger partial charge < -0.3 is 0 Å². The Kier molecular flexibility index (Phi) is 3.09. The number of benzene rings is 2. The zero-order valence-corrected chi connectivity index (χ0v) is 9.19. The molecule has 2 rings (SSSR count). The molecule has 0 N–H and O–H groups in total. The van der Waals surface area contributed by atoms with Crippen molar-refractivity contribution >= 4 is 0 Å². The first kappa shape index (κ1) is 10.9. The summed E-state index contributed by atoms with van der Waals surface area (Å²) in [6.07, 6.45) is 0.529. The molecule has 0 bridgehead atoms. The molecule has 0 heteroatoms. The van der Waals surface area contributed by atoms with Crippen LogP contribution in [0.1, 0.15) is 17.5 Å². The highest BCUT2D eigenvalue weighted by Crippen LogP contribution is 2.34. The average molecular weight is 206 g/mol. The quantitative estimate of drug-likeness (QED) is 0.716. The zero-order chi connectivity index (χ0) is 11.4. The maximum atomic E-state index is 8.59. The highest BCUT2D eigenvalue weighted by Gasteiger charge is 2.26. The van der Waals surface area contributed by atoms with Gasteiger partial charge in [0.2, 0.25) is 0 Å². The first-order valence-electron chi connectivity index (χ1n) is 5.42. The minimum atomic E-state index is -0.734. The molecule has 0 atom stereocenters. The lowest BCUT2D eigenvalue weighted by Crippen LogP contribution is -2.22. The van der Waals surface area contributed by atoms with Gasteiger partial charge in [0, 0.05) is 12.3 Å². The summed E-state index contributed by atoms with van der Waals surface area (Å²) in [7, 11) is 0. The third-order valence-corrected chi connectivity index (χ3v) is 2.91. The fourth-order valence-corrected chi connectivity index (χ4v) is 1.90. The van der Waals surface area contributed by atoms with Crippen LogP contribution in [-0.4, -0.2) is 0 Å². The van der Waals surface area contributed by atoms with Crippen LogP contribution in [0.4, 0.5) is 0 Å². The van der Waals surface area contributed by atoms with Crippen molar-refractivity contribution in [2.45, 2.75) is 11.8 Å². The predicted octanol–water partition coefficient (Wildman–Crippen LogP) is 3.78. The molecule has 0 aliphatic rings. The van der Waals surface area contributed by atoms with E-state index in [1.54, 1.807) is 0 Å². The number of hydrogen-bond donors (Lipinski definition) is 0. The fraction of sp³-hybridized carbons (Fsp3) is 0.125. The van der Waals surface area contributed by atoms with Crippen molar-refractivity contribution in [2.24, 2.45) is 0 Å². The van der Waals surface area contributed by atoms with Gasteiger partial charge in [0.05, 0.1) is 0 Å². The van der Waals surface area contributed by atoms with Crippen LogP contribution in [0.2, 0.25) is 0 Å². The molecule has 2 aromatic rings. The molecule has 0 spiro atoms. The zero-order valence-electron chi connectivity index (χ0n) is 9.19. The van der Waals surface area contributed by atoms with E-state index in [1.807, 2.05) is 60.7 Å². The van der Waals surface area contributed by atoms with E-state index in [9.17, 15) is 0 Å². The van der Waals surface area contributed by atoms with Crippen molar-refractivity contribution in [3.8, 4) is 0 Å². The van der Waals surface area contributed by atoms with Gasteiger partial charge in [-0.2, -0.15) is 0 Å². The molecule has 0 nitrogen and oxygen atoms in total. The predicted molar refractivity (Wildman–Crippen MR) is 66.9 cm³/mol. The summed E-state index contributed by atoms with van der Waals surface area (Å²) in [5, 5.41) is 0. The summed E-state index contributed by atoms with van der Waals surface area (Å²) in [6, 6.07) is 19.8. The van der Waals surface area contributed by atoms with Crippen LogP contribution in [0.5, 0.6) is 0 Å². The standard InChI is InChI=1S/C16H14/c1-3-16(2,14-10-6-4-7-11-14)15-12-8-5-9-13-15/h4-13H,1,3H2. The molecular weight excluding hydrogens is 192 g/mol. The Morgan fingerprint density at radius 1 is 0.812 bits per heavy atom. The molecule has 0 saturated heterocycles. The van der Waals surface area contributed by atoms with E-state index in [1.165, 1.54) is 0 Å². The van der Waals surface area contributed by atoms with E-state index < -0.39 is 5.41 Å². The summed E-state index contributed by atoms with van der Waals surface area (Å²) in [5.41, 5.74) is 1.26. The highest BCUT2D eigenvalue weighted by atomic mass is 14.3. The van der Waals surface area contributed by atoms with E-state index in [2.05, 4.69) is 6.92 Å². The summed E-state index contributed by atoms with van der Waals surface area (Å²) in [6.45, 7) is 12.5. The molecular formula is C16H14. The van der Waals surface area contributed by atoms with Crippen molar-refractivity contribution in [2.75, 3.05) is 0 Å². The second-order valence-corrected chi connectivity index (χ2v) is 3.89. The third-order valence-electron chi connectivity index (χ3n) is 2.91. The number of hydrogen-bond acceptors (Lipinski definition) is 0. The lowest BCUT2D eigenvalue weighted by atomic mass is 9.74. The van der Waals surface area contributed by atoms with Gasteiger partial charge in [0.25, 0.3) is 0 Å². The third kappa shape index (κ3) is 1.88. The van der Waals surface area contributed by atoms with E-state index in [-0.39, 0.29) is 0 Å². The molecule has 16 heavy (non-hydrogen) atoms. The van der Waals surface area contributed by atoms with Crippen molar-refractivity contribution in [3.63, 3.8) is 0 Å². The molecule has 0 heterocycles. The lowest BCUT2D eigenvalue weighted by molar-refractivity contribution is 0.647. The lowest BCUT2D eigenvalue weighted by Gasteiger charge is -2.28. The van der Waals surface area contributed by atoms with Crippen molar-refractivity contribution in [1.29, 1.82) is 0 Å². The monoisotopic (exact) mass is 206 g/mol. The van der Waals surface area contributed by atoms with Gasteiger partial charge in [-0.3, -0.25) is 0 Å². The summed E-state index contributed by atoms with van der Waals surface area (Å²) >= 11 is 0. The molecule has 78 valence electrons. The maximum Gasteiger partial charge on any atom is 0.0277 e. The largest absolute Gasteiger partial charge is 0.0622 e. The van der Waals surface area contributed by atoms with Gasteiger partial charge >= 0.3 is 0 Å². The van der Waals surface area contributed by atoms with Gasteiger partial charge in [-0.15, -0.1) is 0 Å². The van der Waals surface area contributed by atoms with Gasteiger partial charge in [0.15, 0.2) is 0 Å². The Morgan fingerprint density at radius 2 is 1.19 bits per heavy atom. The minimum Gasteiger partial charge on any atom is -0.0622 e.